The lowest BCUT2D eigenvalue weighted by atomic mass is 10.1. The molecule has 0 radical (unpaired) electrons. The van der Waals surface area contributed by atoms with Crippen LogP contribution < -0.4 is 16.0 Å². The molecule has 2 aromatic heterocycles. The van der Waals surface area contributed by atoms with E-state index in [-0.39, 0.29) is 6.04 Å². The van der Waals surface area contributed by atoms with Gasteiger partial charge >= 0.3 is 0 Å². The molecule has 0 amide bonds. The van der Waals surface area contributed by atoms with Crippen LogP contribution in [0.4, 0.5) is 17.6 Å². The Kier molecular flexibility index (Phi) is 5.75. The summed E-state index contributed by atoms with van der Waals surface area (Å²) in [5, 5.41) is 10.1. The zero-order chi connectivity index (χ0) is 19.4. The second-order valence-corrected chi connectivity index (χ2v) is 6.82. The van der Waals surface area contributed by atoms with E-state index in [2.05, 4.69) is 40.8 Å². The highest BCUT2D eigenvalue weighted by Crippen LogP contribution is 2.27. The number of nitrogens with one attached hydrogen (secondary N) is 3. The van der Waals surface area contributed by atoms with E-state index in [1.165, 1.54) is 0 Å². The van der Waals surface area contributed by atoms with Gasteiger partial charge in [0.2, 0.25) is 5.95 Å². The molecule has 0 saturated heterocycles. The number of H-pyrrole nitrogens is 2. The van der Waals surface area contributed by atoms with E-state index in [9.17, 15) is 0 Å². The molecule has 0 spiro atoms. The number of hydrogen-bond acceptors (Lipinski definition) is 6. The Morgan fingerprint density at radius 1 is 1.30 bits per heavy atom. The highest BCUT2D eigenvalue weighted by atomic mass is 32.1. The molecule has 3 rings (SSSR count). The fraction of sp³-hybridized carbons (Fsp3) is 0.316. The van der Waals surface area contributed by atoms with Crippen LogP contribution in [0.1, 0.15) is 26.7 Å². The lowest BCUT2D eigenvalue weighted by Crippen LogP contribution is -2.40. The van der Waals surface area contributed by atoms with Crippen molar-refractivity contribution in [3.63, 3.8) is 0 Å². The maximum Gasteiger partial charge on any atom is 0.228 e. The second kappa shape index (κ2) is 8.22. The molecular weight excluding hydrogens is 358 g/mol. The third kappa shape index (κ3) is 4.11. The van der Waals surface area contributed by atoms with Crippen molar-refractivity contribution in [1.82, 2.24) is 20.2 Å². The minimum Gasteiger partial charge on any atom is -0.401 e. The third-order valence-electron chi connectivity index (χ3n) is 4.35. The molecule has 0 bridgehead atoms. The topological polar surface area (TPSA) is 98.6 Å². The van der Waals surface area contributed by atoms with Crippen molar-refractivity contribution in [2.45, 2.75) is 32.7 Å². The number of nitrogens with zero attached hydrogens (tertiary/aromatic N) is 3. The molecular formula is C19H25N7S. The van der Waals surface area contributed by atoms with E-state index in [0.29, 0.717) is 22.1 Å². The second-order valence-electron chi connectivity index (χ2n) is 6.38. The summed E-state index contributed by atoms with van der Waals surface area (Å²) in [5.74, 6) is 2.08. The first-order chi connectivity index (χ1) is 13.0. The van der Waals surface area contributed by atoms with Gasteiger partial charge in [-0.3, -0.25) is 10.2 Å². The molecule has 1 atom stereocenters. The van der Waals surface area contributed by atoms with E-state index in [1.54, 1.807) is 0 Å². The van der Waals surface area contributed by atoms with E-state index in [4.69, 9.17) is 27.9 Å². The lowest BCUT2D eigenvalue weighted by molar-refractivity contribution is 0.612. The maximum atomic E-state index is 6.06. The fourth-order valence-corrected chi connectivity index (χ4v) is 3.30. The number of para-hydroxylation sites is 1. The number of aromatic nitrogens is 4. The van der Waals surface area contributed by atoms with Crippen LogP contribution in [0.15, 0.2) is 42.6 Å². The number of aromatic amines is 2. The van der Waals surface area contributed by atoms with Crippen molar-refractivity contribution in [2.75, 3.05) is 16.8 Å². The van der Waals surface area contributed by atoms with E-state index in [0.717, 1.165) is 36.1 Å². The zero-order valence-electron chi connectivity index (χ0n) is 15.6. The van der Waals surface area contributed by atoms with Gasteiger partial charge < -0.3 is 16.0 Å². The predicted molar refractivity (Wildman–Crippen MR) is 114 cm³/mol. The van der Waals surface area contributed by atoms with Crippen molar-refractivity contribution in [1.29, 1.82) is 0 Å². The van der Waals surface area contributed by atoms with E-state index < -0.39 is 0 Å². The Hall–Kier alpha value is -2.87. The van der Waals surface area contributed by atoms with Gasteiger partial charge in [-0.15, -0.1) is 0 Å². The Labute approximate surface area is 163 Å². The molecule has 0 fully saturated rings. The molecule has 3 aromatic rings. The normalized spacial score (nSPS) is 12.1. The molecule has 1 unspecified atom stereocenters. The van der Waals surface area contributed by atoms with Crippen molar-refractivity contribution in [3.8, 4) is 0 Å². The number of fused-ring (bicyclic) bond motifs is 1. The van der Waals surface area contributed by atoms with Crippen LogP contribution in [-0.4, -0.2) is 32.8 Å². The molecule has 142 valence electrons. The van der Waals surface area contributed by atoms with Gasteiger partial charge in [0, 0.05) is 23.7 Å². The molecule has 7 nitrogen and oxygen atoms in total. The van der Waals surface area contributed by atoms with Gasteiger partial charge in [0.05, 0.1) is 11.6 Å². The summed E-state index contributed by atoms with van der Waals surface area (Å²) < 4.78 is 0.620. The molecule has 0 aliphatic heterocycles. The molecule has 8 heteroatoms. The fourth-order valence-electron chi connectivity index (χ4n) is 3.13. The summed E-state index contributed by atoms with van der Waals surface area (Å²) in [6.07, 6.45) is 1.78. The van der Waals surface area contributed by atoms with Gasteiger partial charge in [-0.2, -0.15) is 4.98 Å². The molecule has 0 saturated carbocycles. The van der Waals surface area contributed by atoms with Crippen LogP contribution in [-0.2, 0) is 0 Å². The average Bonchev–Trinajstić information content (AvgIpc) is 3.06. The molecule has 5 N–H and O–H groups in total. The van der Waals surface area contributed by atoms with E-state index >= 15 is 0 Å². The first-order valence-electron chi connectivity index (χ1n) is 9.05. The Balaban J connectivity index is 2.11. The van der Waals surface area contributed by atoms with Gasteiger partial charge in [-0.05, 0) is 25.0 Å². The lowest BCUT2D eigenvalue weighted by Gasteiger charge is -2.31. The monoisotopic (exact) mass is 383 g/mol. The number of rotatable bonds is 8. The number of anilines is 3. The average molecular weight is 384 g/mol. The molecule has 2 heterocycles. The zero-order valence-corrected chi connectivity index (χ0v) is 16.4. The van der Waals surface area contributed by atoms with Gasteiger partial charge in [-0.1, -0.05) is 44.8 Å². The standard InChI is InChI=1S/C19H25N7S/c1-4-10-26(15(5-2)12(3)20)19-21-14-9-7-6-8-13(14)18(23-19)22-16-11-17(27)25-24-16/h6-9,11,15H,3-5,10,20H2,1-2H3,(H3,21,22,23,24,25,27). The van der Waals surface area contributed by atoms with Gasteiger partial charge in [-0.25, -0.2) is 4.98 Å². The quantitative estimate of drug-likeness (QED) is 0.435. The number of benzene rings is 1. The smallest absolute Gasteiger partial charge is 0.228 e. The summed E-state index contributed by atoms with van der Waals surface area (Å²) in [7, 11) is 0. The highest BCUT2D eigenvalue weighted by Gasteiger charge is 2.22. The summed E-state index contributed by atoms with van der Waals surface area (Å²) in [5.41, 5.74) is 7.54. The van der Waals surface area contributed by atoms with Crippen LogP contribution in [0.3, 0.4) is 0 Å². The Morgan fingerprint density at radius 3 is 2.70 bits per heavy atom. The third-order valence-corrected chi connectivity index (χ3v) is 4.57. The molecule has 27 heavy (non-hydrogen) atoms. The van der Waals surface area contributed by atoms with Crippen LogP contribution in [0.5, 0.6) is 0 Å². The van der Waals surface area contributed by atoms with Crippen molar-refractivity contribution in [2.24, 2.45) is 5.73 Å². The maximum absolute atomic E-state index is 6.06. The van der Waals surface area contributed by atoms with Crippen molar-refractivity contribution < 1.29 is 0 Å². The number of hydrogen-bond donors (Lipinski definition) is 4. The van der Waals surface area contributed by atoms with Crippen molar-refractivity contribution in [3.05, 3.63) is 47.2 Å². The van der Waals surface area contributed by atoms with E-state index in [1.807, 2.05) is 30.3 Å². The molecule has 0 aliphatic rings. The Morgan fingerprint density at radius 2 is 2.07 bits per heavy atom. The van der Waals surface area contributed by atoms with Gasteiger partial charge in [0.1, 0.15) is 16.3 Å². The Bertz CT molecular complexity index is 991. The van der Waals surface area contributed by atoms with Crippen molar-refractivity contribution >= 4 is 40.7 Å². The van der Waals surface area contributed by atoms with Gasteiger partial charge in [0.25, 0.3) is 0 Å². The summed E-state index contributed by atoms with van der Waals surface area (Å²) in [6, 6.07) is 9.70. The summed E-state index contributed by atoms with van der Waals surface area (Å²) >= 11 is 5.13. The highest BCUT2D eigenvalue weighted by molar-refractivity contribution is 7.71. The first kappa shape index (κ1) is 18.9. The van der Waals surface area contributed by atoms with Crippen LogP contribution in [0, 0.1) is 4.64 Å². The van der Waals surface area contributed by atoms with Gasteiger partial charge in [0.15, 0.2) is 0 Å². The minimum absolute atomic E-state index is 0.0166. The van der Waals surface area contributed by atoms with Crippen LogP contribution in [0.25, 0.3) is 10.9 Å². The molecule has 1 aromatic carbocycles. The number of nitrogens with two attached hydrogens (primary N) is 1. The summed E-state index contributed by atoms with van der Waals surface area (Å²) in [6.45, 7) is 8.96. The summed E-state index contributed by atoms with van der Waals surface area (Å²) in [4.78, 5) is 11.7. The molecule has 0 aliphatic carbocycles. The minimum atomic E-state index is -0.0166. The largest absolute Gasteiger partial charge is 0.401 e. The first-order valence-corrected chi connectivity index (χ1v) is 9.46. The van der Waals surface area contributed by atoms with Crippen LogP contribution in [0.2, 0.25) is 0 Å². The SMILES string of the molecule is C=C(N)C(CC)N(CCC)c1nc(Nc2cc(=S)[nH][nH]2)c2ccccc2n1. The van der Waals surface area contributed by atoms with Crippen LogP contribution >= 0.6 is 12.2 Å². The predicted octanol–water partition coefficient (Wildman–Crippen LogP) is 4.23.